The zero-order valence-corrected chi connectivity index (χ0v) is 13.6. The molecule has 0 spiro atoms. The van der Waals surface area contributed by atoms with Gasteiger partial charge in [-0.1, -0.05) is 16.8 Å². The van der Waals surface area contributed by atoms with Crippen LogP contribution in [0.4, 0.5) is 5.82 Å². The van der Waals surface area contributed by atoms with Crippen molar-refractivity contribution in [3.63, 3.8) is 0 Å². The maximum atomic E-state index is 12.4. The summed E-state index contributed by atoms with van der Waals surface area (Å²) in [6, 6.07) is 10.5. The van der Waals surface area contributed by atoms with Crippen molar-refractivity contribution in [2.45, 2.75) is 0 Å². The van der Waals surface area contributed by atoms with Crippen molar-refractivity contribution < 1.29 is 9.32 Å². The fraction of sp³-hybridized carbons (Fsp3) is 0. The van der Waals surface area contributed by atoms with Gasteiger partial charge in [-0.3, -0.25) is 4.79 Å². The third-order valence-corrected chi connectivity index (χ3v) is 4.44. The Labute approximate surface area is 145 Å². The summed E-state index contributed by atoms with van der Waals surface area (Å²) in [5.74, 6) is 0.535. The van der Waals surface area contributed by atoms with E-state index in [9.17, 15) is 4.79 Å². The zero-order valence-electron chi connectivity index (χ0n) is 12.1. The van der Waals surface area contributed by atoms with E-state index in [1.165, 1.54) is 17.7 Å². The molecule has 0 aliphatic heterocycles. The predicted octanol–water partition coefficient (Wildman–Crippen LogP) is 4.25. The fourth-order valence-corrected chi connectivity index (χ4v) is 3.05. The van der Waals surface area contributed by atoms with Crippen molar-refractivity contribution in [3.05, 3.63) is 58.8 Å². The lowest BCUT2D eigenvalue weighted by molar-refractivity contribution is 0.101. The number of aromatic nitrogens is 3. The number of thiophene rings is 1. The highest BCUT2D eigenvalue weighted by atomic mass is 35.5. The standard InChI is InChI=1S/C16H9ClN4O2S/c17-10-3-1-9(2-4-10)13-7-12(21-23-13)15(22)20-14-11-5-6-24-16(11)19-8-18-14/h1-8H,(H,18,19,20,22). The van der Waals surface area contributed by atoms with E-state index in [1.54, 1.807) is 30.3 Å². The Balaban J connectivity index is 1.59. The van der Waals surface area contributed by atoms with E-state index in [4.69, 9.17) is 16.1 Å². The Morgan fingerprint density at radius 2 is 2.00 bits per heavy atom. The number of amides is 1. The average Bonchev–Trinajstić information content (AvgIpc) is 3.25. The van der Waals surface area contributed by atoms with Crippen LogP contribution in [-0.4, -0.2) is 21.0 Å². The normalized spacial score (nSPS) is 10.9. The van der Waals surface area contributed by atoms with Crippen LogP contribution >= 0.6 is 22.9 Å². The molecule has 3 aromatic heterocycles. The minimum atomic E-state index is -0.398. The van der Waals surface area contributed by atoms with Crippen LogP contribution in [0, 0.1) is 0 Å². The molecule has 0 bridgehead atoms. The van der Waals surface area contributed by atoms with Crippen molar-refractivity contribution >= 4 is 44.9 Å². The van der Waals surface area contributed by atoms with Crippen molar-refractivity contribution in [1.29, 1.82) is 0 Å². The number of hydrogen-bond acceptors (Lipinski definition) is 6. The molecule has 0 aliphatic carbocycles. The first-order chi connectivity index (χ1) is 11.7. The minimum absolute atomic E-state index is 0.168. The Morgan fingerprint density at radius 1 is 1.17 bits per heavy atom. The number of rotatable bonds is 3. The number of carbonyl (C=O) groups excluding carboxylic acids is 1. The molecule has 6 nitrogen and oxygen atoms in total. The lowest BCUT2D eigenvalue weighted by Crippen LogP contribution is -2.13. The summed E-state index contributed by atoms with van der Waals surface area (Å²) in [6.07, 6.45) is 1.41. The van der Waals surface area contributed by atoms with Gasteiger partial charge in [-0.25, -0.2) is 9.97 Å². The molecular weight excluding hydrogens is 348 g/mol. The fourth-order valence-electron chi connectivity index (χ4n) is 2.19. The summed E-state index contributed by atoms with van der Waals surface area (Å²) in [4.78, 5) is 21.4. The molecule has 1 N–H and O–H groups in total. The van der Waals surface area contributed by atoms with Crippen LogP contribution in [0.2, 0.25) is 5.02 Å². The minimum Gasteiger partial charge on any atom is -0.355 e. The summed E-state index contributed by atoms with van der Waals surface area (Å²) in [6.45, 7) is 0. The molecule has 118 valence electrons. The lowest BCUT2D eigenvalue weighted by atomic mass is 10.1. The van der Waals surface area contributed by atoms with Gasteiger partial charge in [0.2, 0.25) is 0 Å². The largest absolute Gasteiger partial charge is 0.355 e. The first kappa shape index (κ1) is 14.8. The number of nitrogens with one attached hydrogen (secondary N) is 1. The highest BCUT2D eigenvalue weighted by molar-refractivity contribution is 7.16. The third kappa shape index (κ3) is 2.75. The van der Waals surface area contributed by atoms with Crippen LogP contribution in [-0.2, 0) is 0 Å². The van der Waals surface area contributed by atoms with Crippen LogP contribution in [0.3, 0.4) is 0 Å². The van der Waals surface area contributed by atoms with Crippen LogP contribution < -0.4 is 5.32 Å². The monoisotopic (exact) mass is 356 g/mol. The van der Waals surface area contributed by atoms with Crippen molar-refractivity contribution in [2.75, 3.05) is 5.32 Å². The topological polar surface area (TPSA) is 80.9 Å². The van der Waals surface area contributed by atoms with Crippen LogP contribution in [0.1, 0.15) is 10.5 Å². The summed E-state index contributed by atoms with van der Waals surface area (Å²) < 4.78 is 5.24. The highest BCUT2D eigenvalue weighted by Crippen LogP contribution is 2.25. The molecule has 0 aliphatic rings. The number of carbonyl (C=O) groups is 1. The molecule has 3 heterocycles. The van der Waals surface area contributed by atoms with Gasteiger partial charge >= 0.3 is 0 Å². The molecule has 4 rings (SSSR count). The van der Waals surface area contributed by atoms with E-state index >= 15 is 0 Å². The van der Waals surface area contributed by atoms with Crippen LogP contribution in [0.15, 0.2) is 52.6 Å². The molecule has 0 atom stereocenters. The Hall–Kier alpha value is -2.77. The molecule has 1 amide bonds. The van der Waals surface area contributed by atoms with Crippen molar-refractivity contribution in [3.8, 4) is 11.3 Å². The van der Waals surface area contributed by atoms with Gasteiger partial charge in [-0.05, 0) is 35.7 Å². The SMILES string of the molecule is O=C(Nc1ncnc2sccc12)c1cc(-c2ccc(Cl)cc2)on1. The molecule has 0 radical (unpaired) electrons. The zero-order chi connectivity index (χ0) is 16.5. The van der Waals surface area contributed by atoms with E-state index in [2.05, 4.69) is 20.4 Å². The van der Waals surface area contributed by atoms with Gasteiger partial charge in [0, 0.05) is 16.7 Å². The number of nitrogens with zero attached hydrogens (tertiary/aromatic N) is 3. The van der Waals surface area contributed by atoms with Crippen molar-refractivity contribution in [1.82, 2.24) is 15.1 Å². The second-order valence-electron chi connectivity index (χ2n) is 4.90. The lowest BCUT2D eigenvalue weighted by Gasteiger charge is -2.02. The number of halogens is 1. The molecule has 0 saturated carbocycles. The number of anilines is 1. The van der Waals surface area contributed by atoms with Gasteiger partial charge in [-0.15, -0.1) is 11.3 Å². The average molecular weight is 357 g/mol. The maximum Gasteiger partial charge on any atom is 0.279 e. The summed E-state index contributed by atoms with van der Waals surface area (Å²) in [7, 11) is 0. The van der Waals surface area contributed by atoms with E-state index in [1.807, 2.05) is 11.4 Å². The van der Waals surface area contributed by atoms with Gasteiger partial charge in [-0.2, -0.15) is 0 Å². The smallest absolute Gasteiger partial charge is 0.279 e. The molecule has 4 aromatic rings. The van der Waals surface area contributed by atoms with Gasteiger partial charge in [0.15, 0.2) is 11.5 Å². The summed E-state index contributed by atoms with van der Waals surface area (Å²) in [5, 5.41) is 9.86. The molecule has 1 aromatic carbocycles. The molecule has 0 unspecified atom stereocenters. The number of benzene rings is 1. The molecule has 24 heavy (non-hydrogen) atoms. The van der Waals surface area contributed by atoms with Crippen LogP contribution in [0.25, 0.3) is 21.5 Å². The third-order valence-electron chi connectivity index (χ3n) is 3.37. The second-order valence-corrected chi connectivity index (χ2v) is 6.23. The van der Waals surface area contributed by atoms with Gasteiger partial charge < -0.3 is 9.84 Å². The Morgan fingerprint density at radius 3 is 2.83 bits per heavy atom. The molecule has 0 saturated heterocycles. The Kier molecular flexibility index (Phi) is 3.72. The first-order valence-corrected chi connectivity index (χ1v) is 8.19. The number of hydrogen-bond donors (Lipinski definition) is 1. The van der Waals surface area contributed by atoms with Gasteiger partial charge in [0.05, 0.1) is 5.39 Å². The summed E-state index contributed by atoms with van der Waals surface area (Å²) in [5.41, 5.74) is 0.954. The van der Waals surface area contributed by atoms with E-state index in [-0.39, 0.29) is 5.69 Å². The van der Waals surface area contributed by atoms with Gasteiger partial charge in [0.1, 0.15) is 17.0 Å². The van der Waals surface area contributed by atoms with E-state index in [0.29, 0.717) is 16.6 Å². The molecule has 8 heteroatoms. The maximum absolute atomic E-state index is 12.4. The van der Waals surface area contributed by atoms with E-state index < -0.39 is 5.91 Å². The van der Waals surface area contributed by atoms with Crippen LogP contribution in [0.5, 0.6) is 0 Å². The first-order valence-electron chi connectivity index (χ1n) is 6.93. The molecule has 0 fully saturated rings. The highest BCUT2D eigenvalue weighted by Gasteiger charge is 2.16. The predicted molar refractivity (Wildman–Crippen MR) is 92.3 cm³/mol. The van der Waals surface area contributed by atoms with E-state index in [0.717, 1.165) is 15.8 Å². The van der Waals surface area contributed by atoms with Gasteiger partial charge in [0.25, 0.3) is 5.91 Å². The second kappa shape index (κ2) is 6.03. The quantitative estimate of drug-likeness (QED) is 0.593. The number of fused-ring (bicyclic) bond motifs is 1. The summed E-state index contributed by atoms with van der Waals surface area (Å²) >= 11 is 7.34. The van der Waals surface area contributed by atoms with Crippen molar-refractivity contribution in [2.24, 2.45) is 0 Å². The Bertz CT molecular complexity index is 1030. The molecular formula is C16H9ClN4O2S.